The molecule has 2 heterocycles. The first-order valence-electron chi connectivity index (χ1n) is 9.38. The van der Waals surface area contributed by atoms with E-state index >= 15 is 0 Å². The molecule has 1 aliphatic carbocycles. The molecule has 4 aromatic rings. The van der Waals surface area contributed by atoms with Crippen LogP contribution in [0.1, 0.15) is 35.6 Å². The van der Waals surface area contributed by atoms with Crippen molar-refractivity contribution in [3.63, 3.8) is 0 Å². The lowest BCUT2D eigenvalue weighted by Crippen LogP contribution is -2.15. The first-order valence-corrected chi connectivity index (χ1v) is 9.38. The smallest absolute Gasteiger partial charge is 0.124 e. The summed E-state index contributed by atoms with van der Waals surface area (Å²) in [6.45, 7) is 0. The fourth-order valence-corrected chi connectivity index (χ4v) is 3.92. The van der Waals surface area contributed by atoms with Crippen LogP contribution in [0.15, 0.2) is 55.0 Å². The monoisotopic (exact) mass is 369 g/mol. The molecule has 0 amide bonds. The molecule has 0 unspecified atom stereocenters. The second-order valence-electron chi connectivity index (χ2n) is 7.17. The first-order chi connectivity index (χ1) is 13.7. The van der Waals surface area contributed by atoms with Crippen molar-refractivity contribution < 1.29 is 4.74 Å². The summed E-state index contributed by atoms with van der Waals surface area (Å²) < 4.78 is 10.0. The van der Waals surface area contributed by atoms with E-state index in [4.69, 9.17) is 10.00 Å². The van der Waals surface area contributed by atoms with Crippen LogP contribution < -0.4 is 4.74 Å². The number of nitriles is 1. The molecule has 28 heavy (non-hydrogen) atoms. The number of ether oxygens (including phenoxy) is 1. The van der Waals surface area contributed by atoms with Crippen molar-refractivity contribution in [1.82, 2.24) is 19.6 Å². The normalized spacial score (nSPS) is 15.9. The molecule has 0 bridgehead atoms. The largest absolute Gasteiger partial charge is 0.486 e. The van der Waals surface area contributed by atoms with Crippen molar-refractivity contribution in [3.8, 4) is 17.5 Å². The minimum atomic E-state index is 0.00343. The summed E-state index contributed by atoms with van der Waals surface area (Å²) in [5.41, 5.74) is 5.02. The van der Waals surface area contributed by atoms with Crippen LogP contribution in [0, 0.1) is 11.3 Å². The molecular formula is C22H19N5O. The lowest BCUT2D eigenvalue weighted by Gasteiger charge is -2.26. The van der Waals surface area contributed by atoms with Crippen molar-refractivity contribution in [2.45, 2.75) is 25.4 Å². The second-order valence-corrected chi connectivity index (χ2v) is 7.17. The molecule has 2 aromatic heterocycles. The maximum Gasteiger partial charge on any atom is 0.124 e. The molecule has 5 rings (SSSR count). The molecular weight excluding hydrogens is 350 g/mol. The Balaban J connectivity index is 1.49. The fourth-order valence-electron chi connectivity index (χ4n) is 3.92. The Hall–Kier alpha value is -3.59. The van der Waals surface area contributed by atoms with Gasteiger partial charge in [-0.2, -0.15) is 15.5 Å². The van der Waals surface area contributed by atoms with E-state index in [2.05, 4.69) is 16.3 Å². The van der Waals surface area contributed by atoms with Gasteiger partial charge in [0.25, 0.3) is 0 Å². The van der Waals surface area contributed by atoms with Crippen molar-refractivity contribution in [3.05, 3.63) is 71.7 Å². The third-order valence-corrected chi connectivity index (χ3v) is 5.29. The lowest BCUT2D eigenvalue weighted by atomic mass is 9.88. The number of benzene rings is 2. The molecule has 0 spiro atoms. The zero-order valence-electron chi connectivity index (χ0n) is 15.5. The Bertz CT molecular complexity index is 1210. The highest BCUT2D eigenvalue weighted by molar-refractivity contribution is 5.81. The van der Waals surface area contributed by atoms with E-state index in [0.717, 1.165) is 41.6 Å². The van der Waals surface area contributed by atoms with Crippen molar-refractivity contribution >= 4 is 10.9 Å². The van der Waals surface area contributed by atoms with Crippen LogP contribution >= 0.6 is 0 Å². The number of aryl methyl sites for hydroxylation is 2. The Kier molecular flexibility index (Phi) is 3.87. The highest BCUT2D eigenvalue weighted by Crippen LogP contribution is 2.35. The molecule has 138 valence electrons. The van der Waals surface area contributed by atoms with Gasteiger partial charge in [-0.15, -0.1) is 0 Å². The standard InChI is InChI=1S/C22H19N5O/c1-26-14-18(13-24-26)27-21-10-19(7-6-17(21)12-25-27)28-22-4-2-3-16-9-15(11-23)5-8-20(16)22/h5-10,12-14,22H,2-4H2,1H3/t22-/m1/s1. The molecule has 1 atom stereocenters. The second kappa shape index (κ2) is 6.54. The third kappa shape index (κ3) is 2.81. The predicted molar refractivity (Wildman–Crippen MR) is 105 cm³/mol. The number of hydrogen-bond acceptors (Lipinski definition) is 4. The number of nitrogens with zero attached hydrogens (tertiary/aromatic N) is 5. The summed E-state index contributed by atoms with van der Waals surface area (Å²) in [6.07, 6.45) is 8.61. The van der Waals surface area contributed by atoms with E-state index in [1.807, 2.05) is 60.5 Å². The van der Waals surface area contributed by atoms with Crippen molar-refractivity contribution in [1.29, 1.82) is 5.26 Å². The molecule has 6 heteroatoms. The molecule has 0 fully saturated rings. The van der Waals surface area contributed by atoms with Gasteiger partial charge in [0.05, 0.1) is 35.7 Å². The van der Waals surface area contributed by atoms with Crippen molar-refractivity contribution in [2.75, 3.05) is 0 Å². The Morgan fingerprint density at radius 3 is 2.89 bits per heavy atom. The number of hydrogen-bond donors (Lipinski definition) is 0. The number of aromatic nitrogens is 4. The van der Waals surface area contributed by atoms with Crippen LogP contribution in [0.2, 0.25) is 0 Å². The van der Waals surface area contributed by atoms with Crippen LogP contribution in [0.25, 0.3) is 16.6 Å². The minimum absolute atomic E-state index is 0.00343. The molecule has 6 nitrogen and oxygen atoms in total. The van der Waals surface area contributed by atoms with E-state index < -0.39 is 0 Å². The van der Waals surface area contributed by atoms with E-state index in [0.29, 0.717) is 5.56 Å². The highest BCUT2D eigenvalue weighted by Gasteiger charge is 2.22. The molecule has 0 saturated carbocycles. The molecule has 2 aromatic carbocycles. The maximum absolute atomic E-state index is 9.15. The molecule has 1 aliphatic rings. The van der Waals surface area contributed by atoms with Crippen LogP contribution in [-0.4, -0.2) is 19.6 Å². The topological polar surface area (TPSA) is 68.7 Å². The number of rotatable bonds is 3. The van der Waals surface area contributed by atoms with Crippen LogP contribution in [0.4, 0.5) is 0 Å². The number of fused-ring (bicyclic) bond motifs is 2. The van der Waals surface area contributed by atoms with Gasteiger partial charge >= 0.3 is 0 Å². The molecule has 0 saturated heterocycles. The fraction of sp³-hybridized carbons (Fsp3) is 0.227. The van der Waals surface area contributed by atoms with Gasteiger partial charge in [-0.3, -0.25) is 4.68 Å². The van der Waals surface area contributed by atoms with Gasteiger partial charge in [-0.25, -0.2) is 4.68 Å². The average Bonchev–Trinajstić information content (AvgIpc) is 3.33. The van der Waals surface area contributed by atoms with Crippen LogP contribution in [-0.2, 0) is 13.5 Å². The molecule has 0 aliphatic heterocycles. The quantitative estimate of drug-likeness (QED) is 0.545. The Labute approximate surface area is 162 Å². The van der Waals surface area contributed by atoms with E-state index in [1.54, 1.807) is 10.9 Å². The third-order valence-electron chi connectivity index (χ3n) is 5.29. The summed E-state index contributed by atoms with van der Waals surface area (Å²) in [7, 11) is 1.89. The molecule has 0 N–H and O–H groups in total. The molecule has 0 radical (unpaired) electrons. The lowest BCUT2D eigenvalue weighted by molar-refractivity contribution is 0.183. The SMILES string of the molecule is Cn1cc(-n2ncc3ccc(O[C@@H]4CCCc5cc(C#N)ccc54)cc32)cn1. The zero-order valence-corrected chi connectivity index (χ0v) is 15.5. The Morgan fingerprint density at radius 2 is 2.07 bits per heavy atom. The van der Waals surface area contributed by atoms with Gasteiger partial charge in [0.2, 0.25) is 0 Å². The van der Waals surface area contributed by atoms with Gasteiger partial charge in [0, 0.05) is 18.5 Å². The zero-order chi connectivity index (χ0) is 19.1. The van der Waals surface area contributed by atoms with Crippen LogP contribution in [0.5, 0.6) is 5.75 Å². The summed E-state index contributed by atoms with van der Waals surface area (Å²) in [5.74, 6) is 0.820. The average molecular weight is 369 g/mol. The minimum Gasteiger partial charge on any atom is -0.486 e. The van der Waals surface area contributed by atoms with Gasteiger partial charge in [0.15, 0.2) is 0 Å². The van der Waals surface area contributed by atoms with Crippen LogP contribution in [0.3, 0.4) is 0 Å². The summed E-state index contributed by atoms with van der Waals surface area (Å²) in [5, 5.41) is 18.9. The first kappa shape index (κ1) is 16.6. The highest BCUT2D eigenvalue weighted by atomic mass is 16.5. The van der Waals surface area contributed by atoms with E-state index in [-0.39, 0.29) is 6.10 Å². The Morgan fingerprint density at radius 1 is 1.14 bits per heavy atom. The summed E-state index contributed by atoms with van der Waals surface area (Å²) in [4.78, 5) is 0. The predicted octanol–water partition coefficient (Wildman–Crippen LogP) is 4.09. The van der Waals surface area contributed by atoms with Crippen molar-refractivity contribution in [2.24, 2.45) is 7.05 Å². The van der Waals surface area contributed by atoms with Gasteiger partial charge in [-0.1, -0.05) is 6.07 Å². The van der Waals surface area contributed by atoms with Gasteiger partial charge in [-0.05, 0) is 54.7 Å². The maximum atomic E-state index is 9.15. The van der Waals surface area contributed by atoms with Gasteiger partial charge in [0.1, 0.15) is 17.5 Å². The van der Waals surface area contributed by atoms with E-state index in [1.165, 1.54) is 11.1 Å². The summed E-state index contributed by atoms with van der Waals surface area (Å²) in [6, 6.07) is 14.2. The summed E-state index contributed by atoms with van der Waals surface area (Å²) >= 11 is 0. The van der Waals surface area contributed by atoms with Gasteiger partial charge < -0.3 is 4.74 Å². The van der Waals surface area contributed by atoms with E-state index in [9.17, 15) is 0 Å².